The van der Waals surface area contributed by atoms with E-state index in [2.05, 4.69) is 10.6 Å². The van der Waals surface area contributed by atoms with Gasteiger partial charge >= 0.3 is 6.03 Å². The number of halogens is 1. The van der Waals surface area contributed by atoms with E-state index in [4.69, 9.17) is 5.73 Å². The Bertz CT molecular complexity index is 591. The Morgan fingerprint density at radius 1 is 1.39 bits per heavy atom. The fourth-order valence-corrected chi connectivity index (χ4v) is 2.39. The standard InChI is InChI=1S/C16H23FN4O2/c1-10(2)15(22)20-14-7-12(3-4-13(14)17)19-16(23)21-6-5-11(8-18)9-21/h3-4,7,10-11H,5-6,8-9,18H2,1-2H3,(H,19,23)(H,20,22)/t11-/m0/s1. The molecule has 0 unspecified atom stereocenters. The average Bonchev–Trinajstić information content (AvgIpc) is 2.99. The molecule has 1 heterocycles. The fraction of sp³-hybridized carbons (Fsp3) is 0.500. The number of benzene rings is 1. The number of anilines is 2. The molecular weight excluding hydrogens is 299 g/mol. The number of carbonyl (C=O) groups excluding carboxylic acids is 2. The number of hydrogen-bond donors (Lipinski definition) is 3. The molecule has 0 radical (unpaired) electrons. The molecule has 3 amide bonds. The van der Waals surface area contributed by atoms with Gasteiger partial charge in [0.05, 0.1) is 5.69 Å². The zero-order valence-corrected chi connectivity index (χ0v) is 13.4. The molecule has 1 aromatic rings. The molecule has 6 nitrogen and oxygen atoms in total. The summed E-state index contributed by atoms with van der Waals surface area (Å²) >= 11 is 0. The molecule has 1 fully saturated rings. The predicted octanol–water partition coefficient (Wildman–Crippen LogP) is 2.23. The summed E-state index contributed by atoms with van der Waals surface area (Å²) in [4.78, 5) is 25.6. The van der Waals surface area contributed by atoms with Crippen molar-refractivity contribution < 1.29 is 14.0 Å². The average molecular weight is 322 g/mol. The molecule has 0 saturated carbocycles. The van der Waals surface area contributed by atoms with Gasteiger partial charge in [-0.15, -0.1) is 0 Å². The van der Waals surface area contributed by atoms with Crippen molar-refractivity contribution in [1.82, 2.24) is 4.90 Å². The Hall–Kier alpha value is -2.15. The van der Waals surface area contributed by atoms with Crippen LogP contribution in [0, 0.1) is 17.7 Å². The smallest absolute Gasteiger partial charge is 0.321 e. The fourth-order valence-electron chi connectivity index (χ4n) is 2.39. The van der Waals surface area contributed by atoms with Gasteiger partial charge in [-0.2, -0.15) is 0 Å². The largest absolute Gasteiger partial charge is 0.330 e. The van der Waals surface area contributed by atoms with Crippen LogP contribution in [0.5, 0.6) is 0 Å². The third-order valence-electron chi connectivity index (χ3n) is 3.91. The second-order valence-corrected chi connectivity index (χ2v) is 6.11. The number of rotatable bonds is 4. The second kappa shape index (κ2) is 7.41. The van der Waals surface area contributed by atoms with Gasteiger partial charge in [0.15, 0.2) is 0 Å². The van der Waals surface area contributed by atoms with E-state index in [0.717, 1.165) is 6.42 Å². The number of hydrogen-bond acceptors (Lipinski definition) is 3. The van der Waals surface area contributed by atoms with Crippen LogP contribution in [-0.4, -0.2) is 36.5 Å². The van der Waals surface area contributed by atoms with Crippen LogP contribution in [0.1, 0.15) is 20.3 Å². The molecule has 23 heavy (non-hydrogen) atoms. The summed E-state index contributed by atoms with van der Waals surface area (Å²) in [6, 6.07) is 3.87. The van der Waals surface area contributed by atoms with Gasteiger partial charge in [0.2, 0.25) is 5.91 Å². The summed E-state index contributed by atoms with van der Waals surface area (Å²) in [7, 11) is 0. The summed E-state index contributed by atoms with van der Waals surface area (Å²) in [6.07, 6.45) is 0.892. The van der Waals surface area contributed by atoms with Crippen LogP contribution < -0.4 is 16.4 Å². The van der Waals surface area contributed by atoms with E-state index in [1.165, 1.54) is 18.2 Å². The highest BCUT2D eigenvalue weighted by Gasteiger charge is 2.25. The molecule has 1 aliphatic rings. The van der Waals surface area contributed by atoms with Gasteiger partial charge in [-0.1, -0.05) is 13.8 Å². The first kappa shape index (κ1) is 17.2. The predicted molar refractivity (Wildman–Crippen MR) is 87.6 cm³/mol. The lowest BCUT2D eigenvalue weighted by Crippen LogP contribution is -2.33. The van der Waals surface area contributed by atoms with Crippen molar-refractivity contribution in [2.45, 2.75) is 20.3 Å². The second-order valence-electron chi connectivity index (χ2n) is 6.11. The van der Waals surface area contributed by atoms with Crippen LogP contribution in [0.15, 0.2) is 18.2 Å². The molecule has 0 aliphatic carbocycles. The number of nitrogens with one attached hydrogen (secondary N) is 2. The van der Waals surface area contributed by atoms with Gasteiger partial charge in [0.25, 0.3) is 0 Å². The molecule has 1 aromatic carbocycles. The van der Waals surface area contributed by atoms with Crippen molar-refractivity contribution in [3.8, 4) is 0 Å². The lowest BCUT2D eigenvalue weighted by atomic mass is 10.1. The van der Waals surface area contributed by atoms with E-state index in [1.807, 2.05) is 0 Å². The molecule has 1 aliphatic heterocycles. The van der Waals surface area contributed by atoms with Gasteiger partial charge in [0, 0.05) is 24.7 Å². The zero-order valence-electron chi connectivity index (χ0n) is 13.4. The Labute approximate surface area is 135 Å². The van der Waals surface area contributed by atoms with E-state index in [-0.39, 0.29) is 23.5 Å². The minimum Gasteiger partial charge on any atom is -0.330 e. The molecule has 0 spiro atoms. The molecule has 0 bridgehead atoms. The normalized spacial score (nSPS) is 17.4. The number of amides is 3. The van der Waals surface area contributed by atoms with Crippen molar-refractivity contribution >= 4 is 23.3 Å². The molecule has 126 valence electrons. The number of nitrogens with zero attached hydrogens (tertiary/aromatic N) is 1. The van der Waals surface area contributed by atoms with E-state index in [1.54, 1.807) is 18.7 Å². The van der Waals surface area contributed by atoms with Crippen LogP contribution in [0.25, 0.3) is 0 Å². The summed E-state index contributed by atoms with van der Waals surface area (Å²) in [6.45, 7) is 5.29. The molecular formula is C16H23FN4O2. The number of urea groups is 1. The van der Waals surface area contributed by atoms with Gasteiger partial charge in [-0.3, -0.25) is 4.79 Å². The van der Waals surface area contributed by atoms with E-state index in [9.17, 15) is 14.0 Å². The third-order valence-corrected chi connectivity index (χ3v) is 3.91. The van der Waals surface area contributed by atoms with Gasteiger partial charge in [-0.25, -0.2) is 9.18 Å². The molecule has 4 N–H and O–H groups in total. The van der Waals surface area contributed by atoms with Crippen LogP contribution in [-0.2, 0) is 4.79 Å². The van der Waals surface area contributed by atoms with Crippen molar-refractivity contribution in [2.75, 3.05) is 30.3 Å². The zero-order chi connectivity index (χ0) is 17.0. The summed E-state index contributed by atoms with van der Waals surface area (Å²) in [5.74, 6) is -0.751. The number of nitrogens with two attached hydrogens (primary N) is 1. The molecule has 7 heteroatoms. The number of carbonyl (C=O) groups is 2. The highest BCUT2D eigenvalue weighted by atomic mass is 19.1. The monoisotopic (exact) mass is 322 g/mol. The summed E-state index contributed by atoms with van der Waals surface area (Å²) < 4.78 is 13.8. The highest BCUT2D eigenvalue weighted by molar-refractivity contribution is 5.94. The Morgan fingerprint density at radius 2 is 2.13 bits per heavy atom. The maximum Gasteiger partial charge on any atom is 0.321 e. The first-order valence-corrected chi connectivity index (χ1v) is 7.77. The first-order valence-electron chi connectivity index (χ1n) is 7.77. The van der Waals surface area contributed by atoms with Crippen LogP contribution in [0.3, 0.4) is 0 Å². The molecule has 1 saturated heterocycles. The van der Waals surface area contributed by atoms with Crippen molar-refractivity contribution in [3.05, 3.63) is 24.0 Å². The van der Waals surface area contributed by atoms with Crippen molar-refractivity contribution in [1.29, 1.82) is 0 Å². The Kier molecular flexibility index (Phi) is 5.54. The van der Waals surface area contributed by atoms with Crippen LogP contribution >= 0.6 is 0 Å². The SMILES string of the molecule is CC(C)C(=O)Nc1cc(NC(=O)N2CC[C@@H](CN)C2)ccc1F. The van der Waals surface area contributed by atoms with Crippen LogP contribution in [0.2, 0.25) is 0 Å². The molecule has 2 rings (SSSR count). The van der Waals surface area contributed by atoms with E-state index in [0.29, 0.717) is 31.2 Å². The van der Waals surface area contributed by atoms with Crippen LogP contribution in [0.4, 0.5) is 20.6 Å². The Morgan fingerprint density at radius 3 is 2.74 bits per heavy atom. The van der Waals surface area contributed by atoms with E-state index < -0.39 is 5.82 Å². The topological polar surface area (TPSA) is 87.5 Å². The van der Waals surface area contributed by atoms with Gasteiger partial charge < -0.3 is 21.3 Å². The highest BCUT2D eigenvalue weighted by Crippen LogP contribution is 2.22. The van der Waals surface area contributed by atoms with Gasteiger partial charge in [-0.05, 0) is 37.1 Å². The quantitative estimate of drug-likeness (QED) is 0.794. The maximum absolute atomic E-state index is 13.8. The van der Waals surface area contributed by atoms with E-state index >= 15 is 0 Å². The maximum atomic E-state index is 13.8. The van der Waals surface area contributed by atoms with Crippen molar-refractivity contribution in [3.63, 3.8) is 0 Å². The third kappa shape index (κ3) is 4.41. The number of likely N-dealkylation sites (tertiary alicyclic amines) is 1. The summed E-state index contributed by atoms with van der Waals surface area (Å²) in [5.41, 5.74) is 6.11. The lowest BCUT2D eigenvalue weighted by Gasteiger charge is -2.18. The summed E-state index contributed by atoms with van der Waals surface area (Å²) in [5, 5.41) is 5.24. The van der Waals surface area contributed by atoms with Crippen molar-refractivity contribution in [2.24, 2.45) is 17.6 Å². The Balaban J connectivity index is 2.03. The minimum absolute atomic E-state index is 0.0581. The first-order chi connectivity index (χ1) is 10.9. The molecule has 0 aromatic heterocycles. The molecule has 1 atom stereocenters. The minimum atomic E-state index is -0.540. The lowest BCUT2D eigenvalue weighted by molar-refractivity contribution is -0.118. The van der Waals surface area contributed by atoms with Gasteiger partial charge in [0.1, 0.15) is 5.82 Å².